The minimum absolute atomic E-state index is 0.140. The summed E-state index contributed by atoms with van der Waals surface area (Å²) >= 11 is 5.88. The van der Waals surface area contributed by atoms with Crippen molar-refractivity contribution in [2.24, 2.45) is 0 Å². The van der Waals surface area contributed by atoms with Gasteiger partial charge in [0.05, 0.1) is 25.8 Å². The van der Waals surface area contributed by atoms with Crippen molar-refractivity contribution in [3.8, 4) is 0 Å². The van der Waals surface area contributed by atoms with Crippen LogP contribution in [0.5, 0.6) is 0 Å². The van der Waals surface area contributed by atoms with Gasteiger partial charge < -0.3 is 15.4 Å². The monoisotopic (exact) mass is 416 g/mol. The zero-order chi connectivity index (χ0) is 20.6. The zero-order valence-corrected chi connectivity index (χ0v) is 17.1. The molecular weight excluding hydrogens is 392 g/mol. The summed E-state index contributed by atoms with van der Waals surface area (Å²) < 4.78 is 5.41. The minimum atomic E-state index is -0.442. The zero-order valence-electron chi connectivity index (χ0n) is 16.4. The van der Waals surface area contributed by atoms with Crippen LogP contribution in [0.15, 0.2) is 42.6 Å². The highest BCUT2D eigenvalue weighted by molar-refractivity contribution is 6.30. The molecule has 2 N–H and O–H groups in total. The van der Waals surface area contributed by atoms with Crippen LogP contribution in [0.1, 0.15) is 27.7 Å². The van der Waals surface area contributed by atoms with Gasteiger partial charge in [-0.05, 0) is 24.6 Å². The highest BCUT2D eigenvalue weighted by Gasteiger charge is 2.20. The standard InChI is InChI=1S/C21H25ClN4O3/c1-15-2-4-16(5-3-15)19(14-26-8-10-29-11-9-26)25-20(27)13-24-21(28)18-12-17(22)6-7-23-18/h2-7,12,19H,8-11,13-14H2,1H3,(H,24,28)(H,25,27)/t19-/m0/s1. The number of nitrogens with zero attached hydrogens (tertiary/aromatic N) is 2. The van der Waals surface area contributed by atoms with E-state index in [4.69, 9.17) is 16.3 Å². The lowest BCUT2D eigenvalue weighted by Gasteiger charge is -2.31. The molecule has 0 bridgehead atoms. The molecule has 1 fully saturated rings. The van der Waals surface area contributed by atoms with E-state index in [2.05, 4.69) is 20.5 Å². The van der Waals surface area contributed by atoms with Gasteiger partial charge >= 0.3 is 0 Å². The summed E-state index contributed by atoms with van der Waals surface area (Å²) in [6.45, 7) is 5.61. The molecule has 1 aliphatic rings. The number of halogens is 1. The average molecular weight is 417 g/mol. The molecule has 0 saturated carbocycles. The maximum atomic E-state index is 12.5. The molecule has 1 saturated heterocycles. The Labute approximate surface area is 175 Å². The number of hydrogen-bond donors (Lipinski definition) is 2. The molecule has 29 heavy (non-hydrogen) atoms. The van der Waals surface area contributed by atoms with Gasteiger partial charge in [-0.3, -0.25) is 19.5 Å². The Morgan fingerprint density at radius 3 is 2.62 bits per heavy atom. The molecule has 2 heterocycles. The number of benzene rings is 1. The lowest BCUT2D eigenvalue weighted by molar-refractivity contribution is -0.121. The first-order valence-electron chi connectivity index (χ1n) is 9.57. The van der Waals surface area contributed by atoms with Gasteiger partial charge in [0, 0.05) is 30.9 Å². The van der Waals surface area contributed by atoms with Crippen LogP contribution < -0.4 is 10.6 Å². The molecule has 1 aromatic heterocycles. The Balaban J connectivity index is 1.60. The molecule has 1 aliphatic heterocycles. The first-order chi connectivity index (χ1) is 14.0. The van der Waals surface area contributed by atoms with Crippen molar-refractivity contribution in [3.05, 3.63) is 64.4 Å². The first-order valence-corrected chi connectivity index (χ1v) is 9.95. The predicted octanol–water partition coefficient (Wildman–Crippen LogP) is 1.96. The normalized spacial score (nSPS) is 15.5. The van der Waals surface area contributed by atoms with Crippen LogP contribution in [0.2, 0.25) is 5.02 Å². The van der Waals surface area contributed by atoms with Crippen LogP contribution in [0, 0.1) is 6.92 Å². The van der Waals surface area contributed by atoms with E-state index < -0.39 is 5.91 Å². The summed E-state index contributed by atoms with van der Waals surface area (Å²) in [6, 6.07) is 11.0. The third kappa shape index (κ3) is 6.52. The summed E-state index contributed by atoms with van der Waals surface area (Å²) in [4.78, 5) is 30.9. The quantitative estimate of drug-likeness (QED) is 0.721. The third-order valence-corrected chi connectivity index (χ3v) is 4.96. The molecule has 0 aliphatic carbocycles. The summed E-state index contributed by atoms with van der Waals surface area (Å²) in [5, 5.41) is 6.04. The second-order valence-electron chi connectivity index (χ2n) is 6.99. The number of amides is 2. The van der Waals surface area contributed by atoms with Crippen molar-refractivity contribution >= 4 is 23.4 Å². The second kappa shape index (κ2) is 10.3. The van der Waals surface area contributed by atoms with Crippen molar-refractivity contribution < 1.29 is 14.3 Å². The summed E-state index contributed by atoms with van der Waals surface area (Å²) in [5.41, 5.74) is 2.36. The Morgan fingerprint density at radius 1 is 1.21 bits per heavy atom. The molecule has 3 rings (SSSR count). The molecule has 1 aromatic carbocycles. The van der Waals surface area contributed by atoms with Crippen LogP contribution in [-0.2, 0) is 9.53 Å². The SMILES string of the molecule is Cc1ccc([C@H](CN2CCOCC2)NC(=O)CNC(=O)c2cc(Cl)ccn2)cc1. The number of ether oxygens (including phenoxy) is 1. The predicted molar refractivity (Wildman–Crippen MR) is 111 cm³/mol. The fourth-order valence-corrected chi connectivity index (χ4v) is 3.26. The molecule has 8 heteroatoms. The molecular formula is C21H25ClN4O3. The Hall–Kier alpha value is -2.48. The van der Waals surface area contributed by atoms with Crippen LogP contribution in [0.25, 0.3) is 0 Å². The largest absolute Gasteiger partial charge is 0.379 e. The van der Waals surface area contributed by atoms with Crippen molar-refractivity contribution in [2.75, 3.05) is 39.4 Å². The molecule has 154 valence electrons. The first kappa shape index (κ1) is 21.2. The summed E-state index contributed by atoms with van der Waals surface area (Å²) in [7, 11) is 0. The van der Waals surface area contributed by atoms with E-state index in [9.17, 15) is 9.59 Å². The van der Waals surface area contributed by atoms with Crippen LogP contribution in [0.4, 0.5) is 0 Å². The summed E-state index contributed by atoms with van der Waals surface area (Å²) in [5.74, 6) is -0.707. The number of nitrogens with one attached hydrogen (secondary N) is 2. The van der Waals surface area contributed by atoms with Crippen LogP contribution >= 0.6 is 11.6 Å². The topological polar surface area (TPSA) is 83.6 Å². The highest BCUT2D eigenvalue weighted by Crippen LogP contribution is 2.16. The molecule has 1 atom stereocenters. The lowest BCUT2D eigenvalue weighted by Crippen LogP contribution is -2.45. The smallest absolute Gasteiger partial charge is 0.270 e. The third-order valence-electron chi connectivity index (χ3n) is 4.72. The molecule has 7 nitrogen and oxygen atoms in total. The lowest BCUT2D eigenvalue weighted by atomic mass is 10.0. The molecule has 0 spiro atoms. The second-order valence-corrected chi connectivity index (χ2v) is 7.42. The average Bonchev–Trinajstić information content (AvgIpc) is 2.73. The van der Waals surface area contributed by atoms with E-state index in [1.54, 1.807) is 6.07 Å². The van der Waals surface area contributed by atoms with E-state index in [1.807, 2.05) is 31.2 Å². The van der Waals surface area contributed by atoms with Gasteiger partial charge in [0.1, 0.15) is 5.69 Å². The number of rotatable bonds is 7. The number of carbonyl (C=O) groups is 2. The van der Waals surface area contributed by atoms with Crippen LogP contribution in [0.3, 0.4) is 0 Å². The molecule has 0 radical (unpaired) electrons. The van der Waals surface area contributed by atoms with Gasteiger partial charge in [0.15, 0.2) is 0 Å². The Kier molecular flexibility index (Phi) is 7.57. The number of aromatic nitrogens is 1. The van der Waals surface area contributed by atoms with Crippen molar-refractivity contribution in [1.29, 1.82) is 0 Å². The Bertz CT molecular complexity index is 838. The summed E-state index contributed by atoms with van der Waals surface area (Å²) in [6.07, 6.45) is 1.45. The van der Waals surface area contributed by atoms with Crippen molar-refractivity contribution in [3.63, 3.8) is 0 Å². The maximum absolute atomic E-state index is 12.5. The van der Waals surface area contributed by atoms with Crippen molar-refractivity contribution in [1.82, 2.24) is 20.5 Å². The molecule has 2 amide bonds. The van der Waals surface area contributed by atoms with Crippen LogP contribution in [-0.4, -0.2) is 61.1 Å². The van der Waals surface area contributed by atoms with E-state index >= 15 is 0 Å². The van der Waals surface area contributed by atoms with E-state index in [-0.39, 0.29) is 24.2 Å². The number of morpholine rings is 1. The van der Waals surface area contributed by atoms with Gasteiger partial charge in [-0.2, -0.15) is 0 Å². The van der Waals surface area contributed by atoms with Gasteiger partial charge in [-0.25, -0.2) is 0 Å². The minimum Gasteiger partial charge on any atom is -0.379 e. The number of pyridine rings is 1. The fourth-order valence-electron chi connectivity index (χ4n) is 3.10. The van der Waals surface area contributed by atoms with Gasteiger partial charge in [0.2, 0.25) is 5.91 Å². The van der Waals surface area contributed by atoms with Gasteiger partial charge in [-0.15, -0.1) is 0 Å². The van der Waals surface area contributed by atoms with Crippen molar-refractivity contribution in [2.45, 2.75) is 13.0 Å². The van der Waals surface area contributed by atoms with E-state index in [0.717, 1.165) is 24.2 Å². The fraction of sp³-hybridized carbons (Fsp3) is 0.381. The maximum Gasteiger partial charge on any atom is 0.270 e. The Morgan fingerprint density at radius 2 is 1.93 bits per heavy atom. The number of carbonyl (C=O) groups excluding carboxylic acids is 2. The number of aryl methyl sites for hydroxylation is 1. The van der Waals surface area contributed by atoms with E-state index in [0.29, 0.717) is 24.8 Å². The molecule has 2 aromatic rings. The highest BCUT2D eigenvalue weighted by atomic mass is 35.5. The van der Waals surface area contributed by atoms with E-state index in [1.165, 1.54) is 12.3 Å². The molecule has 0 unspecified atom stereocenters. The van der Waals surface area contributed by atoms with Gasteiger partial charge in [-0.1, -0.05) is 41.4 Å². The number of hydrogen-bond acceptors (Lipinski definition) is 5. The van der Waals surface area contributed by atoms with Gasteiger partial charge in [0.25, 0.3) is 5.91 Å².